The van der Waals surface area contributed by atoms with E-state index in [1.54, 1.807) is 10.7 Å². The van der Waals surface area contributed by atoms with E-state index in [1.807, 2.05) is 60.4 Å². The molecule has 1 amide bonds. The fourth-order valence-electron chi connectivity index (χ4n) is 4.26. The van der Waals surface area contributed by atoms with Crippen LogP contribution in [-0.4, -0.2) is 63.0 Å². The summed E-state index contributed by atoms with van der Waals surface area (Å²) in [5.74, 6) is 0.00108. The molecule has 172 valence electrons. The number of aromatic nitrogens is 3. The first kappa shape index (κ1) is 22.3. The number of piperazine rings is 1. The minimum Gasteiger partial charge on any atom is -0.336 e. The van der Waals surface area contributed by atoms with Crippen LogP contribution in [0.25, 0.3) is 23.0 Å². The summed E-state index contributed by atoms with van der Waals surface area (Å²) in [4.78, 5) is 22.1. The van der Waals surface area contributed by atoms with E-state index in [-0.39, 0.29) is 5.91 Å². The lowest BCUT2D eigenvalue weighted by atomic mass is 10.1. The van der Waals surface area contributed by atoms with Crippen LogP contribution < -0.4 is 0 Å². The molecule has 5 rings (SSSR count). The number of halogens is 1. The second-order valence-corrected chi connectivity index (χ2v) is 8.85. The highest BCUT2D eigenvalue weighted by Gasteiger charge is 2.24. The number of benzene rings is 2. The number of carbonyl (C=O) groups excluding carboxylic acids is 1. The van der Waals surface area contributed by atoms with Gasteiger partial charge in [-0.2, -0.15) is 5.10 Å². The fourth-order valence-corrected chi connectivity index (χ4v) is 4.50. The number of hydrogen-bond donors (Lipinski definition) is 0. The Kier molecular flexibility index (Phi) is 6.43. The van der Waals surface area contributed by atoms with Crippen molar-refractivity contribution in [3.05, 3.63) is 94.8 Å². The van der Waals surface area contributed by atoms with Gasteiger partial charge in [-0.15, -0.1) is 0 Å². The number of carbonyl (C=O) groups is 1. The molecule has 1 fully saturated rings. The topological polar surface area (TPSA) is 53.7 Å². The Morgan fingerprint density at radius 2 is 1.76 bits per heavy atom. The van der Waals surface area contributed by atoms with Crippen molar-refractivity contribution < 1.29 is 4.79 Å². The Hall–Kier alpha value is -3.48. The van der Waals surface area contributed by atoms with Crippen LogP contribution in [0.2, 0.25) is 5.02 Å². The summed E-state index contributed by atoms with van der Waals surface area (Å²) in [7, 11) is 0. The molecule has 0 spiro atoms. The van der Waals surface area contributed by atoms with Crippen molar-refractivity contribution in [1.82, 2.24) is 24.4 Å². The highest BCUT2D eigenvalue weighted by molar-refractivity contribution is 6.33. The highest BCUT2D eigenvalue weighted by Crippen LogP contribution is 2.27. The number of hydrogen-bond acceptors (Lipinski definition) is 4. The van der Waals surface area contributed by atoms with Crippen LogP contribution in [0.15, 0.2) is 72.9 Å². The normalized spacial score (nSPS) is 14.8. The number of aryl methyl sites for hydroxylation is 1. The molecule has 2 aromatic carbocycles. The molecule has 1 saturated heterocycles. The summed E-state index contributed by atoms with van der Waals surface area (Å²) in [6, 6.07) is 19.8. The van der Waals surface area contributed by atoms with Gasteiger partial charge in [-0.1, -0.05) is 72.3 Å². The van der Waals surface area contributed by atoms with Gasteiger partial charge in [0.1, 0.15) is 0 Å². The first-order valence-electron chi connectivity index (χ1n) is 11.4. The maximum Gasteiger partial charge on any atom is 0.257 e. The number of fused-ring (bicyclic) bond motifs is 1. The molecule has 0 unspecified atom stereocenters. The minimum atomic E-state index is 0.00108. The molecule has 2 aromatic heterocycles. The smallest absolute Gasteiger partial charge is 0.257 e. The number of nitrogens with zero attached hydrogens (tertiary/aromatic N) is 5. The average molecular weight is 472 g/mol. The lowest BCUT2D eigenvalue weighted by molar-refractivity contribution is 0.0648. The molecule has 0 bridgehead atoms. The Labute approximate surface area is 204 Å². The van der Waals surface area contributed by atoms with Crippen molar-refractivity contribution in [2.45, 2.75) is 6.92 Å². The minimum absolute atomic E-state index is 0.00108. The number of rotatable bonds is 5. The van der Waals surface area contributed by atoms with Gasteiger partial charge in [0.2, 0.25) is 0 Å². The zero-order valence-electron chi connectivity index (χ0n) is 19.1. The predicted molar refractivity (Wildman–Crippen MR) is 136 cm³/mol. The van der Waals surface area contributed by atoms with Gasteiger partial charge in [0.25, 0.3) is 5.91 Å². The maximum absolute atomic E-state index is 13.3. The molecule has 4 aromatic rings. The Morgan fingerprint density at radius 3 is 2.53 bits per heavy atom. The second-order valence-electron chi connectivity index (χ2n) is 8.44. The molecule has 34 heavy (non-hydrogen) atoms. The van der Waals surface area contributed by atoms with Crippen LogP contribution in [0, 0.1) is 6.92 Å². The molecule has 0 N–H and O–H groups in total. The lowest BCUT2D eigenvalue weighted by Gasteiger charge is -2.34. The summed E-state index contributed by atoms with van der Waals surface area (Å²) < 4.78 is 1.73. The van der Waals surface area contributed by atoms with E-state index in [0.717, 1.165) is 36.6 Å². The van der Waals surface area contributed by atoms with Crippen LogP contribution in [0.5, 0.6) is 0 Å². The fraction of sp³-hybridized carbons (Fsp3) is 0.222. The molecule has 6 nitrogen and oxygen atoms in total. The van der Waals surface area contributed by atoms with Gasteiger partial charge >= 0.3 is 0 Å². The van der Waals surface area contributed by atoms with Crippen LogP contribution in [-0.2, 0) is 0 Å². The zero-order chi connectivity index (χ0) is 23.5. The van der Waals surface area contributed by atoms with E-state index in [4.69, 9.17) is 11.6 Å². The van der Waals surface area contributed by atoms with Gasteiger partial charge in [0.15, 0.2) is 5.65 Å². The summed E-state index contributed by atoms with van der Waals surface area (Å²) in [6.07, 6.45) is 5.99. The molecule has 3 heterocycles. The molecular formula is C27H26ClN5O. The SMILES string of the molecule is Cc1c(C(=O)N2CCN(CC=Cc3ccccc3)CC2)cnc2cc(-c3ccccc3Cl)nn12. The van der Waals surface area contributed by atoms with E-state index in [1.165, 1.54) is 5.56 Å². The molecular weight excluding hydrogens is 446 g/mol. The maximum atomic E-state index is 13.3. The van der Waals surface area contributed by atoms with E-state index in [0.29, 0.717) is 29.3 Å². The standard InChI is InChI=1S/C27H26ClN5O/c1-20-23(19-29-26-18-25(30-33(20)26)22-11-5-6-12-24(22)28)27(34)32-16-14-31(15-17-32)13-7-10-21-8-3-2-4-9-21/h2-12,18-19H,13-17H2,1H3. The van der Waals surface area contributed by atoms with Crippen molar-refractivity contribution in [2.75, 3.05) is 32.7 Å². The lowest BCUT2D eigenvalue weighted by Crippen LogP contribution is -2.48. The second kappa shape index (κ2) is 9.79. The quantitative estimate of drug-likeness (QED) is 0.418. The van der Waals surface area contributed by atoms with Crippen LogP contribution >= 0.6 is 11.6 Å². The van der Waals surface area contributed by atoms with Gasteiger partial charge in [0, 0.05) is 50.6 Å². The summed E-state index contributed by atoms with van der Waals surface area (Å²) in [5, 5.41) is 5.32. The Morgan fingerprint density at radius 1 is 1.03 bits per heavy atom. The first-order chi connectivity index (χ1) is 16.6. The van der Waals surface area contributed by atoms with Gasteiger partial charge < -0.3 is 4.90 Å². The van der Waals surface area contributed by atoms with Crippen LogP contribution in [0.1, 0.15) is 21.6 Å². The van der Waals surface area contributed by atoms with Crippen molar-refractivity contribution >= 4 is 29.2 Å². The molecule has 0 radical (unpaired) electrons. The van der Waals surface area contributed by atoms with Gasteiger partial charge in [-0.05, 0) is 18.6 Å². The third kappa shape index (κ3) is 4.60. The van der Waals surface area contributed by atoms with E-state index >= 15 is 0 Å². The van der Waals surface area contributed by atoms with Gasteiger partial charge in [0.05, 0.1) is 22.0 Å². The average Bonchev–Trinajstić information content (AvgIpc) is 3.30. The van der Waals surface area contributed by atoms with E-state index < -0.39 is 0 Å². The van der Waals surface area contributed by atoms with Gasteiger partial charge in [-0.25, -0.2) is 9.50 Å². The molecule has 0 aliphatic carbocycles. The van der Waals surface area contributed by atoms with Crippen LogP contribution in [0.3, 0.4) is 0 Å². The zero-order valence-corrected chi connectivity index (χ0v) is 19.8. The van der Waals surface area contributed by atoms with E-state index in [2.05, 4.69) is 39.3 Å². The third-order valence-corrected chi connectivity index (χ3v) is 6.57. The summed E-state index contributed by atoms with van der Waals surface area (Å²) in [5.41, 5.74) is 4.84. The van der Waals surface area contributed by atoms with Gasteiger partial charge in [-0.3, -0.25) is 9.69 Å². The summed E-state index contributed by atoms with van der Waals surface area (Å²) >= 11 is 6.35. The Bertz CT molecular complexity index is 1340. The molecule has 0 atom stereocenters. The van der Waals surface area contributed by atoms with Crippen molar-refractivity contribution in [1.29, 1.82) is 0 Å². The molecule has 1 aliphatic heterocycles. The first-order valence-corrected chi connectivity index (χ1v) is 11.8. The predicted octanol–water partition coefficient (Wildman–Crippen LogP) is 4.83. The van der Waals surface area contributed by atoms with Crippen molar-refractivity contribution in [3.8, 4) is 11.3 Å². The monoisotopic (exact) mass is 471 g/mol. The van der Waals surface area contributed by atoms with Crippen molar-refractivity contribution in [2.24, 2.45) is 0 Å². The van der Waals surface area contributed by atoms with Crippen LogP contribution in [0.4, 0.5) is 0 Å². The third-order valence-electron chi connectivity index (χ3n) is 6.24. The highest BCUT2D eigenvalue weighted by atomic mass is 35.5. The molecule has 1 aliphatic rings. The van der Waals surface area contributed by atoms with E-state index in [9.17, 15) is 4.79 Å². The molecule has 0 saturated carbocycles. The largest absolute Gasteiger partial charge is 0.336 e. The van der Waals surface area contributed by atoms with Crippen molar-refractivity contribution in [3.63, 3.8) is 0 Å². The number of amides is 1. The Balaban J connectivity index is 1.26. The summed E-state index contributed by atoms with van der Waals surface area (Å²) in [6.45, 7) is 5.87. The molecule has 7 heteroatoms.